The lowest BCUT2D eigenvalue weighted by atomic mass is 9.63. The molecule has 1 aliphatic heterocycles. The molecule has 1 heterocycles. The second-order valence-electron chi connectivity index (χ2n) is 10.7. The van der Waals surface area contributed by atoms with Gasteiger partial charge in [-0.2, -0.15) is 0 Å². The molecule has 1 N–H and O–H groups in total. The zero-order valence-electron chi connectivity index (χ0n) is 19.2. The first-order valence-corrected chi connectivity index (χ1v) is 11.9. The highest BCUT2D eigenvalue weighted by Crippen LogP contribution is 2.45. The van der Waals surface area contributed by atoms with Crippen LogP contribution < -0.4 is 5.32 Å². The monoisotopic (exact) mass is 430 g/mol. The lowest BCUT2D eigenvalue weighted by Crippen LogP contribution is -2.55. The van der Waals surface area contributed by atoms with Gasteiger partial charge >= 0.3 is 0 Å². The van der Waals surface area contributed by atoms with Crippen LogP contribution in [0.25, 0.3) is 0 Å². The molecular weight excluding hydrogens is 392 g/mol. The van der Waals surface area contributed by atoms with Gasteiger partial charge in [0.1, 0.15) is 0 Å². The number of rotatable bonds is 5. The van der Waals surface area contributed by atoms with Gasteiger partial charge in [0.15, 0.2) is 0 Å². The molecule has 1 aromatic carbocycles. The SMILES string of the molecule is C=C[C@@H]1CCC(CN2CCC(c3ccc(Cl)cc3)CC2)[C@@](C)(C(=O)NC(C)(C)C)C1. The van der Waals surface area contributed by atoms with Gasteiger partial charge in [-0.05, 0) is 101 Å². The van der Waals surface area contributed by atoms with Crippen LogP contribution in [-0.2, 0) is 4.79 Å². The topological polar surface area (TPSA) is 32.3 Å². The van der Waals surface area contributed by atoms with Crippen LogP contribution in [0.2, 0.25) is 5.02 Å². The van der Waals surface area contributed by atoms with E-state index in [2.05, 4.69) is 62.7 Å². The summed E-state index contributed by atoms with van der Waals surface area (Å²) in [6, 6.07) is 8.35. The van der Waals surface area contributed by atoms with Crippen molar-refractivity contribution in [3.63, 3.8) is 0 Å². The molecule has 1 aromatic rings. The Kier molecular flexibility index (Phi) is 7.35. The quantitative estimate of drug-likeness (QED) is 0.577. The molecule has 1 aliphatic carbocycles. The molecule has 0 bridgehead atoms. The zero-order valence-corrected chi connectivity index (χ0v) is 20.0. The highest BCUT2D eigenvalue weighted by molar-refractivity contribution is 6.30. The third kappa shape index (κ3) is 5.68. The van der Waals surface area contributed by atoms with E-state index in [1.54, 1.807) is 0 Å². The van der Waals surface area contributed by atoms with Crippen LogP contribution in [0.3, 0.4) is 0 Å². The summed E-state index contributed by atoms with van der Waals surface area (Å²) in [5.74, 6) is 1.66. The Balaban J connectivity index is 1.64. The molecule has 0 aromatic heterocycles. The highest BCUT2D eigenvalue weighted by atomic mass is 35.5. The molecule has 166 valence electrons. The van der Waals surface area contributed by atoms with E-state index >= 15 is 0 Å². The lowest BCUT2D eigenvalue weighted by Gasteiger charge is -2.46. The summed E-state index contributed by atoms with van der Waals surface area (Å²) in [5, 5.41) is 4.08. The Morgan fingerprint density at radius 1 is 1.20 bits per heavy atom. The minimum absolute atomic E-state index is 0.206. The van der Waals surface area contributed by atoms with E-state index in [1.165, 1.54) is 18.4 Å². The van der Waals surface area contributed by atoms with Gasteiger partial charge in [-0.3, -0.25) is 4.79 Å². The molecule has 2 aliphatic rings. The number of carbonyl (C=O) groups excluding carboxylic acids is 1. The summed E-state index contributed by atoms with van der Waals surface area (Å²) < 4.78 is 0. The number of piperidine rings is 1. The van der Waals surface area contributed by atoms with Gasteiger partial charge in [-0.1, -0.05) is 36.7 Å². The van der Waals surface area contributed by atoms with Crippen LogP contribution in [0.1, 0.15) is 71.3 Å². The molecule has 3 atom stereocenters. The fraction of sp³-hybridized carbons (Fsp3) is 0.654. The first kappa shape index (κ1) is 23.3. The lowest BCUT2D eigenvalue weighted by molar-refractivity contribution is -0.138. The van der Waals surface area contributed by atoms with E-state index in [9.17, 15) is 4.79 Å². The summed E-state index contributed by atoms with van der Waals surface area (Å²) in [7, 11) is 0. The van der Waals surface area contributed by atoms with E-state index in [1.807, 2.05) is 12.1 Å². The van der Waals surface area contributed by atoms with Crippen molar-refractivity contribution in [1.29, 1.82) is 0 Å². The largest absolute Gasteiger partial charge is 0.351 e. The average Bonchev–Trinajstić information content (AvgIpc) is 2.69. The smallest absolute Gasteiger partial charge is 0.226 e. The van der Waals surface area contributed by atoms with Crippen molar-refractivity contribution in [2.24, 2.45) is 17.3 Å². The van der Waals surface area contributed by atoms with Crippen molar-refractivity contribution in [3.8, 4) is 0 Å². The molecule has 4 heteroatoms. The predicted octanol–water partition coefficient (Wildman–Crippen LogP) is 6.04. The van der Waals surface area contributed by atoms with Gasteiger partial charge in [0, 0.05) is 17.1 Å². The molecule has 1 amide bonds. The first-order chi connectivity index (χ1) is 14.1. The predicted molar refractivity (Wildman–Crippen MR) is 127 cm³/mol. The fourth-order valence-electron chi connectivity index (χ4n) is 5.30. The average molecular weight is 431 g/mol. The fourth-order valence-corrected chi connectivity index (χ4v) is 5.42. The third-order valence-corrected chi connectivity index (χ3v) is 7.47. The number of amides is 1. The first-order valence-electron chi connectivity index (χ1n) is 11.5. The number of benzene rings is 1. The Morgan fingerprint density at radius 2 is 1.83 bits per heavy atom. The van der Waals surface area contributed by atoms with Crippen LogP contribution in [0.4, 0.5) is 0 Å². The number of likely N-dealkylation sites (tertiary alicyclic amines) is 1. The van der Waals surface area contributed by atoms with Crippen molar-refractivity contribution in [2.45, 2.75) is 71.3 Å². The number of allylic oxidation sites excluding steroid dienone is 1. The van der Waals surface area contributed by atoms with Crippen molar-refractivity contribution >= 4 is 17.5 Å². The number of nitrogens with one attached hydrogen (secondary N) is 1. The number of halogens is 1. The Hall–Kier alpha value is -1.32. The summed E-state index contributed by atoms with van der Waals surface area (Å²) in [6.07, 6.45) is 7.56. The van der Waals surface area contributed by atoms with Gasteiger partial charge in [0.05, 0.1) is 5.41 Å². The molecule has 1 saturated heterocycles. The molecule has 0 spiro atoms. The molecule has 1 saturated carbocycles. The van der Waals surface area contributed by atoms with Crippen molar-refractivity contribution < 1.29 is 4.79 Å². The molecule has 1 unspecified atom stereocenters. The second-order valence-corrected chi connectivity index (χ2v) is 11.2. The normalized spacial score (nSPS) is 28.8. The number of hydrogen-bond donors (Lipinski definition) is 1. The number of hydrogen-bond acceptors (Lipinski definition) is 2. The van der Waals surface area contributed by atoms with Crippen molar-refractivity contribution in [2.75, 3.05) is 19.6 Å². The minimum Gasteiger partial charge on any atom is -0.351 e. The van der Waals surface area contributed by atoms with E-state index < -0.39 is 0 Å². The molecule has 30 heavy (non-hydrogen) atoms. The summed E-state index contributed by atoms with van der Waals surface area (Å²) in [6.45, 7) is 15.6. The van der Waals surface area contributed by atoms with Gasteiger partial charge in [-0.15, -0.1) is 6.58 Å². The molecule has 0 radical (unpaired) electrons. The minimum atomic E-state index is -0.336. The van der Waals surface area contributed by atoms with Gasteiger partial charge < -0.3 is 10.2 Å². The van der Waals surface area contributed by atoms with Gasteiger partial charge in [0.2, 0.25) is 5.91 Å². The Labute approximate surface area is 188 Å². The molecule has 3 rings (SSSR count). The van der Waals surface area contributed by atoms with E-state index in [4.69, 9.17) is 11.6 Å². The summed E-state index contributed by atoms with van der Waals surface area (Å²) in [5.41, 5.74) is 0.861. The van der Waals surface area contributed by atoms with Crippen LogP contribution in [0, 0.1) is 17.3 Å². The second kappa shape index (κ2) is 9.44. The highest BCUT2D eigenvalue weighted by Gasteiger charge is 2.46. The molecule has 2 fully saturated rings. The number of carbonyl (C=O) groups is 1. The van der Waals surface area contributed by atoms with Crippen LogP contribution in [0.15, 0.2) is 36.9 Å². The Morgan fingerprint density at radius 3 is 2.40 bits per heavy atom. The summed E-state index contributed by atoms with van der Waals surface area (Å²) >= 11 is 6.05. The maximum Gasteiger partial charge on any atom is 0.226 e. The van der Waals surface area contributed by atoms with E-state index in [0.29, 0.717) is 17.8 Å². The molecular formula is C26H39ClN2O. The third-order valence-electron chi connectivity index (χ3n) is 7.22. The molecule has 3 nitrogen and oxygen atoms in total. The van der Waals surface area contributed by atoms with E-state index in [0.717, 1.165) is 43.9 Å². The van der Waals surface area contributed by atoms with Gasteiger partial charge in [-0.25, -0.2) is 0 Å². The summed E-state index contributed by atoms with van der Waals surface area (Å²) in [4.78, 5) is 15.9. The van der Waals surface area contributed by atoms with Gasteiger partial charge in [0.25, 0.3) is 0 Å². The van der Waals surface area contributed by atoms with Crippen molar-refractivity contribution in [1.82, 2.24) is 10.2 Å². The van der Waals surface area contributed by atoms with E-state index in [-0.39, 0.29) is 16.9 Å². The Bertz CT molecular complexity index is 730. The zero-order chi connectivity index (χ0) is 21.9. The van der Waals surface area contributed by atoms with Crippen LogP contribution in [-0.4, -0.2) is 36.0 Å². The van der Waals surface area contributed by atoms with Crippen molar-refractivity contribution in [3.05, 3.63) is 47.5 Å². The maximum absolute atomic E-state index is 13.3. The maximum atomic E-state index is 13.3. The van der Waals surface area contributed by atoms with Crippen LogP contribution >= 0.6 is 11.6 Å². The van der Waals surface area contributed by atoms with Crippen LogP contribution in [0.5, 0.6) is 0 Å². The number of nitrogens with zero attached hydrogens (tertiary/aromatic N) is 1. The standard InChI is InChI=1S/C26H39ClN2O/c1-6-19-7-10-22(26(5,17-19)24(30)28-25(2,3)4)18-29-15-13-21(14-16-29)20-8-11-23(27)12-9-20/h6,8-9,11-12,19,21-22H,1,7,10,13-18H2,2-5H3,(H,28,30)/t19-,22?,26+/m1/s1.